The van der Waals surface area contributed by atoms with Crippen LogP contribution in [0.1, 0.15) is 12.6 Å². The first-order chi connectivity index (χ1) is 10.6. The molecule has 0 aliphatic rings. The fraction of sp³-hybridized carbons (Fsp3) is 0.273. The molecule has 0 spiro atoms. The van der Waals surface area contributed by atoms with E-state index in [-0.39, 0.29) is 11.2 Å². The van der Waals surface area contributed by atoms with E-state index in [1.54, 1.807) is 0 Å². The zero-order valence-electron chi connectivity index (χ0n) is 11.3. The Hall–Kier alpha value is -2.89. The van der Waals surface area contributed by atoms with E-state index in [4.69, 9.17) is 0 Å². The van der Waals surface area contributed by atoms with Crippen molar-refractivity contribution in [3.05, 3.63) is 38.9 Å². The predicted octanol–water partition coefficient (Wildman–Crippen LogP) is 0.160. The molecular weight excluding hydrogens is 323 g/mol. The van der Waals surface area contributed by atoms with Gasteiger partial charge in [0.05, 0.1) is 6.33 Å². The molecule has 0 saturated carbocycles. The number of imidazole rings is 1. The minimum absolute atomic E-state index is 0.0155. The maximum absolute atomic E-state index is 12.8. The van der Waals surface area contributed by atoms with Crippen molar-refractivity contribution in [1.29, 1.82) is 0 Å². The Bertz CT molecular complexity index is 993. The smallest absolute Gasteiger partial charge is 0.375 e. The molecule has 3 aromatic heterocycles. The zero-order chi connectivity index (χ0) is 17.0. The van der Waals surface area contributed by atoms with Gasteiger partial charge in [0.25, 0.3) is 5.56 Å². The molecule has 0 aromatic carbocycles. The largest absolute Gasteiger partial charge is 0.422 e. The van der Waals surface area contributed by atoms with E-state index in [1.165, 1.54) is 0 Å². The highest BCUT2D eigenvalue weighted by Crippen LogP contribution is 2.38. The Morgan fingerprint density at radius 3 is 2.70 bits per heavy atom. The van der Waals surface area contributed by atoms with Crippen LogP contribution in [0.4, 0.5) is 13.2 Å². The van der Waals surface area contributed by atoms with Crippen molar-refractivity contribution in [1.82, 2.24) is 24.7 Å². The predicted molar refractivity (Wildman–Crippen MR) is 68.0 cm³/mol. The van der Waals surface area contributed by atoms with Crippen LogP contribution >= 0.6 is 0 Å². The molecule has 122 valence electrons. The number of alkyl halides is 3. The van der Waals surface area contributed by atoms with Crippen LogP contribution in [0.5, 0.6) is 0 Å². The molecule has 3 aromatic rings. The first-order valence-corrected chi connectivity index (χ1v) is 6.08. The Morgan fingerprint density at radius 2 is 2.04 bits per heavy atom. The molecule has 3 rings (SSSR count). The maximum Gasteiger partial charge on any atom is 0.422 e. The molecule has 0 amide bonds. The van der Waals surface area contributed by atoms with E-state index < -0.39 is 34.6 Å². The summed E-state index contributed by atoms with van der Waals surface area (Å²) in [5, 5.41) is 12.6. The van der Waals surface area contributed by atoms with Crippen molar-refractivity contribution >= 4 is 11.2 Å². The number of H-pyrrole nitrogens is 2. The molecule has 0 aliphatic carbocycles. The number of nitrogens with one attached hydrogen (secondary N) is 2. The van der Waals surface area contributed by atoms with Gasteiger partial charge in [0.1, 0.15) is 11.2 Å². The van der Waals surface area contributed by atoms with Crippen LogP contribution in [0.2, 0.25) is 0 Å². The van der Waals surface area contributed by atoms with E-state index in [1.807, 2.05) is 0 Å². The van der Waals surface area contributed by atoms with E-state index >= 15 is 0 Å². The number of aliphatic hydroxyl groups is 1. The second-order valence-corrected chi connectivity index (χ2v) is 4.82. The number of nitrogens with zero attached hydrogens (tertiary/aromatic N) is 3. The van der Waals surface area contributed by atoms with Crippen molar-refractivity contribution in [2.24, 2.45) is 0 Å². The molecule has 0 bridgehead atoms. The molecule has 3 N–H and O–H groups in total. The topological polar surface area (TPSA) is 130 Å². The molecule has 12 heteroatoms. The minimum atomic E-state index is -5.02. The summed E-state index contributed by atoms with van der Waals surface area (Å²) in [7, 11) is 0. The summed E-state index contributed by atoms with van der Waals surface area (Å²) in [6.07, 6.45) is -3.86. The highest BCUT2D eigenvalue weighted by molar-refractivity contribution is 5.68. The van der Waals surface area contributed by atoms with Gasteiger partial charge in [-0.1, -0.05) is 5.16 Å². The third kappa shape index (κ3) is 2.14. The van der Waals surface area contributed by atoms with Crippen molar-refractivity contribution in [3.63, 3.8) is 0 Å². The molecule has 0 fully saturated rings. The van der Waals surface area contributed by atoms with E-state index in [0.29, 0.717) is 17.6 Å². The van der Waals surface area contributed by atoms with Crippen LogP contribution in [-0.2, 0) is 5.60 Å². The van der Waals surface area contributed by atoms with Gasteiger partial charge in [-0.25, -0.2) is 9.78 Å². The number of aromatic amines is 2. The molecule has 23 heavy (non-hydrogen) atoms. The standard InChI is InChI=1S/C11H8F3N5O4/c1-10(22,11(12,13)14)4-2-5(23-18-4)19-8(20)6-7(16-3-15-6)17-9(19)21/h2-3,22H,1H3,(H,15,16)(H,17,21). The monoisotopic (exact) mass is 331 g/mol. The molecule has 0 aliphatic heterocycles. The third-order valence-corrected chi connectivity index (χ3v) is 3.25. The van der Waals surface area contributed by atoms with Crippen LogP contribution in [-0.4, -0.2) is 36.0 Å². The molecular formula is C11H8F3N5O4. The average molecular weight is 331 g/mol. The van der Waals surface area contributed by atoms with Gasteiger partial charge in [-0.3, -0.25) is 9.78 Å². The van der Waals surface area contributed by atoms with Crippen LogP contribution in [0.3, 0.4) is 0 Å². The summed E-state index contributed by atoms with van der Waals surface area (Å²) in [5.74, 6) is -0.577. The van der Waals surface area contributed by atoms with Gasteiger partial charge in [-0.05, 0) is 6.92 Å². The molecule has 1 unspecified atom stereocenters. The lowest BCUT2D eigenvalue weighted by Gasteiger charge is -2.23. The second kappa shape index (κ2) is 4.55. The van der Waals surface area contributed by atoms with Gasteiger partial charge in [-0.2, -0.15) is 17.7 Å². The van der Waals surface area contributed by atoms with Gasteiger partial charge in [0.15, 0.2) is 5.65 Å². The van der Waals surface area contributed by atoms with Gasteiger partial charge in [0.2, 0.25) is 11.5 Å². The Labute approximate surface area is 123 Å². The molecule has 9 nitrogen and oxygen atoms in total. The highest BCUT2D eigenvalue weighted by atomic mass is 19.4. The third-order valence-electron chi connectivity index (χ3n) is 3.25. The molecule has 3 heterocycles. The SMILES string of the molecule is CC(O)(c1cc(-n2c(=O)[nH]c3nc[nH]c3c2=O)on1)C(F)(F)F. The van der Waals surface area contributed by atoms with Crippen molar-refractivity contribution in [2.45, 2.75) is 18.7 Å². The zero-order valence-corrected chi connectivity index (χ0v) is 11.3. The van der Waals surface area contributed by atoms with Crippen LogP contribution < -0.4 is 11.2 Å². The van der Waals surface area contributed by atoms with Crippen molar-refractivity contribution < 1.29 is 22.8 Å². The molecule has 0 saturated heterocycles. The van der Waals surface area contributed by atoms with Crippen molar-refractivity contribution in [3.8, 4) is 5.88 Å². The first kappa shape index (κ1) is 15.0. The average Bonchev–Trinajstić information content (AvgIpc) is 3.06. The summed E-state index contributed by atoms with van der Waals surface area (Å²) >= 11 is 0. The lowest BCUT2D eigenvalue weighted by atomic mass is 10.0. The lowest BCUT2D eigenvalue weighted by Crippen LogP contribution is -2.39. The van der Waals surface area contributed by atoms with E-state index in [9.17, 15) is 27.9 Å². The Balaban J connectivity index is 2.19. The fourth-order valence-electron chi connectivity index (χ4n) is 1.86. The normalized spacial score (nSPS) is 15.0. The van der Waals surface area contributed by atoms with Crippen molar-refractivity contribution in [2.75, 3.05) is 0 Å². The quantitative estimate of drug-likeness (QED) is 0.613. The Morgan fingerprint density at radius 1 is 1.35 bits per heavy atom. The van der Waals surface area contributed by atoms with Gasteiger partial charge in [0, 0.05) is 6.07 Å². The van der Waals surface area contributed by atoms with Gasteiger partial charge in [-0.15, -0.1) is 0 Å². The van der Waals surface area contributed by atoms with Crippen LogP contribution in [0.25, 0.3) is 17.0 Å². The molecule has 0 radical (unpaired) electrons. The maximum atomic E-state index is 12.8. The first-order valence-electron chi connectivity index (χ1n) is 6.08. The summed E-state index contributed by atoms with van der Waals surface area (Å²) in [6, 6.07) is 0.659. The summed E-state index contributed by atoms with van der Waals surface area (Å²) in [6.45, 7) is 0.472. The highest BCUT2D eigenvalue weighted by Gasteiger charge is 2.53. The summed E-state index contributed by atoms with van der Waals surface area (Å²) < 4.78 is 43.4. The summed E-state index contributed by atoms with van der Waals surface area (Å²) in [4.78, 5) is 32.5. The van der Waals surface area contributed by atoms with E-state index in [2.05, 4.69) is 24.6 Å². The minimum Gasteiger partial charge on any atom is -0.375 e. The van der Waals surface area contributed by atoms with E-state index in [0.717, 1.165) is 6.33 Å². The van der Waals surface area contributed by atoms with Gasteiger partial charge >= 0.3 is 11.9 Å². The fourth-order valence-corrected chi connectivity index (χ4v) is 1.86. The lowest BCUT2D eigenvalue weighted by molar-refractivity contribution is -0.260. The Kier molecular flexibility index (Phi) is 2.97. The van der Waals surface area contributed by atoms with Gasteiger partial charge < -0.3 is 14.6 Å². The number of hydrogen-bond acceptors (Lipinski definition) is 6. The number of aromatic nitrogens is 5. The number of hydrogen-bond donors (Lipinski definition) is 3. The van der Waals surface area contributed by atoms with Crippen LogP contribution in [0.15, 0.2) is 26.5 Å². The number of halogens is 3. The number of fused-ring (bicyclic) bond motifs is 1. The molecule has 1 atom stereocenters. The van der Waals surface area contributed by atoms with Crippen LogP contribution in [0, 0.1) is 0 Å². The summed E-state index contributed by atoms with van der Waals surface area (Å²) in [5.41, 5.74) is -6.16. The second-order valence-electron chi connectivity index (χ2n) is 4.82. The number of rotatable bonds is 2.